The molecule has 2 aromatic carbocycles. The Hall–Kier alpha value is -2.38. The molecule has 0 fully saturated rings. The molecular weight excluding hydrogens is 356 g/mol. The van der Waals surface area contributed by atoms with Crippen molar-refractivity contribution < 1.29 is 26.9 Å². The summed E-state index contributed by atoms with van der Waals surface area (Å²) in [7, 11) is -2.42. The van der Waals surface area contributed by atoms with Crippen LogP contribution < -0.4 is 4.74 Å². The Morgan fingerprint density at radius 2 is 1.65 bits per heavy atom. The third kappa shape index (κ3) is 6.16. The van der Waals surface area contributed by atoms with Crippen LogP contribution in [0.2, 0.25) is 0 Å². The highest BCUT2D eigenvalue weighted by atomic mass is 32.2. The minimum Gasteiger partial charge on any atom is -0.482 e. The normalized spacial score (nSPS) is 11.2. The minimum atomic E-state index is -3.72. The van der Waals surface area contributed by atoms with Gasteiger partial charge in [0.15, 0.2) is 6.61 Å². The highest BCUT2D eigenvalue weighted by molar-refractivity contribution is 7.86. The summed E-state index contributed by atoms with van der Waals surface area (Å²) < 4.78 is 39.0. The van der Waals surface area contributed by atoms with Gasteiger partial charge in [-0.2, -0.15) is 8.42 Å². The molecule has 0 aromatic heterocycles. The molecule has 0 aliphatic carbocycles. The molecule has 0 saturated heterocycles. The van der Waals surface area contributed by atoms with E-state index >= 15 is 0 Å². The fourth-order valence-electron chi connectivity index (χ4n) is 2.17. The lowest BCUT2D eigenvalue weighted by Gasteiger charge is -2.07. The monoisotopic (exact) mass is 378 g/mol. The Kier molecular flexibility index (Phi) is 7.17. The average molecular weight is 378 g/mol. The van der Waals surface area contributed by atoms with Crippen molar-refractivity contribution in [2.75, 3.05) is 20.3 Å². The highest BCUT2D eigenvalue weighted by Crippen LogP contribution is 2.16. The van der Waals surface area contributed by atoms with Crippen LogP contribution in [0.25, 0.3) is 0 Å². The maximum atomic E-state index is 12.1. The number of hydrogen-bond acceptors (Lipinski definition) is 6. The van der Waals surface area contributed by atoms with E-state index in [1.165, 1.54) is 19.2 Å². The maximum absolute atomic E-state index is 12.1. The average Bonchev–Trinajstić information content (AvgIpc) is 2.64. The first-order valence-electron chi connectivity index (χ1n) is 8.15. The van der Waals surface area contributed by atoms with Gasteiger partial charge >= 0.3 is 5.97 Å². The Balaban J connectivity index is 1.77. The summed E-state index contributed by atoms with van der Waals surface area (Å²) in [5, 5.41) is 0. The molecule has 0 spiro atoms. The fourth-order valence-corrected chi connectivity index (χ4v) is 3.11. The molecule has 0 amide bonds. The second-order valence-corrected chi connectivity index (χ2v) is 7.32. The molecule has 0 bridgehead atoms. The van der Waals surface area contributed by atoms with Crippen LogP contribution in [0, 0.1) is 6.92 Å². The number of carbonyl (C=O) groups excluding carboxylic acids is 1. The third-order valence-corrected chi connectivity index (χ3v) is 4.99. The summed E-state index contributed by atoms with van der Waals surface area (Å²) in [5.41, 5.74) is 2.01. The lowest BCUT2D eigenvalue weighted by molar-refractivity contribution is -0.142. The van der Waals surface area contributed by atoms with Gasteiger partial charge in [0.05, 0.1) is 18.6 Å². The molecule has 6 nitrogen and oxygen atoms in total. The van der Waals surface area contributed by atoms with E-state index in [0.29, 0.717) is 18.6 Å². The molecule has 0 aliphatic heterocycles. The SMILES string of the molecule is COC(=O)COc1ccc(CCCOS(=O)(=O)c2ccc(C)cc2)cc1. The minimum absolute atomic E-state index is 0.108. The molecular formula is C19H22O6S. The van der Waals surface area contributed by atoms with Crippen LogP contribution in [0.4, 0.5) is 0 Å². The van der Waals surface area contributed by atoms with Crippen LogP contribution in [-0.4, -0.2) is 34.7 Å². The van der Waals surface area contributed by atoms with Crippen molar-refractivity contribution in [1.29, 1.82) is 0 Å². The van der Waals surface area contributed by atoms with Crippen molar-refractivity contribution in [2.24, 2.45) is 0 Å². The van der Waals surface area contributed by atoms with E-state index in [1.54, 1.807) is 24.3 Å². The fraction of sp³-hybridized carbons (Fsp3) is 0.316. The molecule has 0 saturated carbocycles. The van der Waals surface area contributed by atoms with Gasteiger partial charge in [0.1, 0.15) is 5.75 Å². The van der Waals surface area contributed by atoms with Gasteiger partial charge in [-0.3, -0.25) is 4.18 Å². The first kappa shape index (κ1) is 19.9. The van der Waals surface area contributed by atoms with Gasteiger partial charge in [-0.05, 0) is 49.6 Å². The first-order chi connectivity index (χ1) is 12.4. The summed E-state index contributed by atoms with van der Waals surface area (Å²) in [6, 6.07) is 13.8. The van der Waals surface area contributed by atoms with Crippen LogP contribution in [-0.2, 0) is 30.3 Å². The third-order valence-electron chi connectivity index (χ3n) is 3.67. The zero-order chi connectivity index (χ0) is 19.0. The smallest absolute Gasteiger partial charge is 0.343 e. The standard InChI is InChI=1S/C19H22O6S/c1-15-5-11-18(12-6-15)26(21,22)25-13-3-4-16-7-9-17(10-8-16)24-14-19(20)23-2/h5-12H,3-4,13-14H2,1-2H3. The van der Waals surface area contributed by atoms with Gasteiger partial charge in [-0.25, -0.2) is 4.79 Å². The van der Waals surface area contributed by atoms with E-state index in [1.807, 2.05) is 19.1 Å². The van der Waals surface area contributed by atoms with Crippen molar-refractivity contribution in [2.45, 2.75) is 24.7 Å². The second-order valence-electron chi connectivity index (χ2n) is 5.70. The first-order valence-corrected chi connectivity index (χ1v) is 9.56. The summed E-state index contributed by atoms with van der Waals surface area (Å²) in [6.07, 6.45) is 1.23. The Morgan fingerprint density at radius 1 is 1.00 bits per heavy atom. The predicted molar refractivity (Wildman–Crippen MR) is 96.6 cm³/mol. The highest BCUT2D eigenvalue weighted by Gasteiger charge is 2.14. The molecule has 140 valence electrons. The van der Waals surface area contributed by atoms with Crippen LogP contribution >= 0.6 is 0 Å². The van der Waals surface area contributed by atoms with E-state index in [9.17, 15) is 13.2 Å². The van der Waals surface area contributed by atoms with Gasteiger partial charge in [0.25, 0.3) is 10.1 Å². The zero-order valence-corrected chi connectivity index (χ0v) is 15.6. The molecule has 0 radical (unpaired) electrons. The van der Waals surface area contributed by atoms with Crippen LogP contribution in [0.15, 0.2) is 53.4 Å². The molecule has 26 heavy (non-hydrogen) atoms. The van der Waals surface area contributed by atoms with Crippen LogP contribution in [0.5, 0.6) is 5.75 Å². The number of ether oxygens (including phenoxy) is 2. The number of aryl methyl sites for hydroxylation is 2. The quantitative estimate of drug-likeness (QED) is 0.379. The molecule has 0 aliphatic rings. The van der Waals surface area contributed by atoms with Gasteiger partial charge in [-0.1, -0.05) is 29.8 Å². The van der Waals surface area contributed by atoms with Crippen molar-refractivity contribution in [3.05, 3.63) is 59.7 Å². The summed E-state index contributed by atoms with van der Waals surface area (Å²) in [6.45, 7) is 1.86. The second kappa shape index (κ2) is 9.35. The molecule has 0 atom stereocenters. The van der Waals surface area contributed by atoms with Gasteiger partial charge < -0.3 is 9.47 Å². The maximum Gasteiger partial charge on any atom is 0.343 e. The van der Waals surface area contributed by atoms with Crippen LogP contribution in [0.3, 0.4) is 0 Å². The number of methoxy groups -OCH3 is 1. The number of rotatable bonds is 9. The topological polar surface area (TPSA) is 78.9 Å². The Bertz CT molecular complexity index is 810. The van der Waals surface area contributed by atoms with Gasteiger partial charge in [0, 0.05) is 0 Å². The van der Waals surface area contributed by atoms with E-state index in [0.717, 1.165) is 11.1 Å². The van der Waals surface area contributed by atoms with E-state index < -0.39 is 16.1 Å². The number of esters is 1. The summed E-state index contributed by atoms with van der Waals surface area (Å²) >= 11 is 0. The Labute approximate surface area is 153 Å². The predicted octanol–water partition coefficient (Wildman–Crippen LogP) is 2.88. The van der Waals surface area contributed by atoms with Gasteiger partial charge in [0.2, 0.25) is 0 Å². The summed E-state index contributed by atoms with van der Waals surface area (Å²) in [5.74, 6) is 0.123. The van der Waals surface area contributed by atoms with Crippen LogP contribution in [0.1, 0.15) is 17.5 Å². The molecule has 0 unspecified atom stereocenters. The van der Waals surface area contributed by atoms with Crippen molar-refractivity contribution in [3.63, 3.8) is 0 Å². The molecule has 0 N–H and O–H groups in total. The number of hydrogen-bond donors (Lipinski definition) is 0. The van der Waals surface area contributed by atoms with E-state index in [-0.39, 0.29) is 18.1 Å². The number of benzene rings is 2. The van der Waals surface area contributed by atoms with E-state index in [4.69, 9.17) is 8.92 Å². The molecule has 7 heteroatoms. The molecule has 2 aromatic rings. The van der Waals surface area contributed by atoms with E-state index in [2.05, 4.69) is 4.74 Å². The Morgan fingerprint density at radius 3 is 2.27 bits per heavy atom. The lowest BCUT2D eigenvalue weighted by Crippen LogP contribution is -2.12. The largest absolute Gasteiger partial charge is 0.482 e. The zero-order valence-electron chi connectivity index (χ0n) is 14.8. The molecule has 0 heterocycles. The van der Waals surface area contributed by atoms with Crippen molar-refractivity contribution in [3.8, 4) is 5.75 Å². The molecule has 2 rings (SSSR count). The van der Waals surface area contributed by atoms with Gasteiger partial charge in [-0.15, -0.1) is 0 Å². The van der Waals surface area contributed by atoms with Crippen molar-refractivity contribution >= 4 is 16.1 Å². The number of carbonyl (C=O) groups is 1. The lowest BCUT2D eigenvalue weighted by atomic mass is 10.1. The summed E-state index contributed by atoms with van der Waals surface area (Å²) in [4.78, 5) is 11.2. The van der Waals surface area contributed by atoms with Crippen molar-refractivity contribution in [1.82, 2.24) is 0 Å².